The van der Waals surface area contributed by atoms with E-state index in [0.717, 1.165) is 23.4 Å². The minimum Gasteiger partial charge on any atom is -0.457 e. The molecule has 0 aliphatic carbocycles. The number of amides is 1. The van der Waals surface area contributed by atoms with Gasteiger partial charge in [-0.05, 0) is 85.6 Å². The number of sulfonamides is 1. The van der Waals surface area contributed by atoms with Crippen molar-refractivity contribution in [3.8, 4) is 11.5 Å². The van der Waals surface area contributed by atoms with E-state index in [-0.39, 0.29) is 18.7 Å². The van der Waals surface area contributed by atoms with Crippen molar-refractivity contribution in [1.29, 1.82) is 0 Å². The third-order valence-electron chi connectivity index (χ3n) is 7.06. The molecule has 1 aliphatic heterocycles. The van der Waals surface area contributed by atoms with E-state index >= 15 is 0 Å². The highest BCUT2D eigenvalue weighted by atomic mass is 32.2. The molecule has 1 N–H and O–H groups in total. The van der Waals surface area contributed by atoms with Crippen LogP contribution in [0.4, 0.5) is 15.8 Å². The van der Waals surface area contributed by atoms with Crippen LogP contribution in [0.3, 0.4) is 0 Å². The third kappa shape index (κ3) is 5.85. The van der Waals surface area contributed by atoms with Crippen molar-refractivity contribution in [2.45, 2.75) is 18.7 Å². The Kier molecular flexibility index (Phi) is 7.86. The fraction of sp³-hybridized carbons (Fsp3) is 0.194. The molecule has 4 aromatic carbocycles. The molecular weight excluding hydrogens is 529 g/mol. The van der Waals surface area contributed by atoms with Gasteiger partial charge in [-0.1, -0.05) is 30.3 Å². The SMILES string of the molecule is Cc1cccc(N2CCN(S(=O)(=O)c3cc(C(=O)Nc4ccc(Oc5ccccc5)cc4)ccc3F)CC2)c1C. The van der Waals surface area contributed by atoms with Crippen molar-refractivity contribution in [2.24, 2.45) is 0 Å². The molecule has 0 spiro atoms. The largest absolute Gasteiger partial charge is 0.457 e. The standard InChI is InChI=1S/C31H30FN3O4S/c1-22-7-6-10-29(23(22)2)34-17-19-35(20-18-34)40(37,38)30-21-24(11-16-28(30)32)31(36)33-25-12-14-27(15-13-25)39-26-8-4-3-5-9-26/h3-16,21H,17-20H2,1-2H3,(H,33,36). The molecule has 0 atom stereocenters. The molecule has 206 valence electrons. The first-order valence-corrected chi connectivity index (χ1v) is 14.4. The predicted molar refractivity (Wildman–Crippen MR) is 154 cm³/mol. The summed E-state index contributed by atoms with van der Waals surface area (Å²) in [6.07, 6.45) is 0. The van der Waals surface area contributed by atoms with E-state index in [1.807, 2.05) is 62.4 Å². The fourth-order valence-electron chi connectivity index (χ4n) is 4.66. The van der Waals surface area contributed by atoms with Crippen molar-refractivity contribution < 1.29 is 22.3 Å². The van der Waals surface area contributed by atoms with Crippen LogP contribution in [0, 0.1) is 19.7 Å². The predicted octanol–water partition coefficient (Wildman–Crippen LogP) is 6.00. The van der Waals surface area contributed by atoms with Crippen molar-refractivity contribution in [1.82, 2.24) is 4.31 Å². The molecule has 4 aromatic rings. The second-order valence-corrected chi connectivity index (χ2v) is 11.6. The van der Waals surface area contributed by atoms with Crippen LogP contribution < -0.4 is 15.0 Å². The summed E-state index contributed by atoms with van der Waals surface area (Å²) in [5, 5.41) is 2.73. The van der Waals surface area contributed by atoms with Crippen molar-refractivity contribution in [2.75, 3.05) is 36.4 Å². The van der Waals surface area contributed by atoms with E-state index in [1.54, 1.807) is 24.3 Å². The normalized spacial score (nSPS) is 14.1. The zero-order valence-electron chi connectivity index (χ0n) is 22.3. The monoisotopic (exact) mass is 559 g/mol. The van der Waals surface area contributed by atoms with E-state index in [1.165, 1.54) is 15.9 Å². The van der Waals surface area contributed by atoms with Gasteiger partial charge in [0.2, 0.25) is 10.0 Å². The molecule has 1 aliphatic rings. The van der Waals surface area contributed by atoms with Crippen molar-refractivity contribution >= 4 is 27.3 Å². The molecule has 7 nitrogen and oxygen atoms in total. The second kappa shape index (κ2) is 11.5. The number of para-hydroxylation sites is 1. The minimum absolute atomic E-state index is 0.0404. The van der Waals surface area contributed by atoms with E-state index < -0.39 is 26.6 Å². The molecule has 0 radical (unpaired) electrons. The number of nitrogens with zero attached hydrogens (tertiary/aromatic N) is 2. The van der Waals surface area contributed by atoms with E-state index in [2.05, 4.69) is 10.2 Å². The Bertz CT molecular complexity index is 1620. The van der Waals surface area contributed by atoms with Crippen LogP contribution in [0.2, 0.25) is 0 Å². The summed E-state index contributed by atoms with van der Waals surface area (Å²) in [6.45, 7) is 5.48. The first kappa shape index (κ1) is 27.4. The maximum Gasteiger partial charge on any atom is 0.255 e. The molecule has 1 fully saturated rings. The Morgan fingerprint density at radius 3 is 2.20 bits per heavy atom. The Balaban J connectivity index is 1.26. The molecule has 5 rings (SSSR count). The number of rotatable bonds is 7. The van der Waals surface area contributed by atoms with Crippen molar-refractivity contribution in [3.63, 3.8) is 0 Å². The zero-order valence-corrected chi connectivity index (χ0v) is 23.1. The van der Waals surface area contributed by atoms with Crippen LogP contribution in [0.5, 0.6) is 11.5 Å². The van der Waals surface area contributed by atoms with Gasteiger partial charge in [0.15, 0.2) is 0 Å². The molecule has 1 amide bonds. The van der Waals surface area contributed by atoms with Gasteiger partial charge < -0.3 is 15.0 Å². The number of piperazine rings is 1. The van der Waals surface area contributed by atoms with E-state index in [9.17, 15) is 17.6 Å². The number of ether oxygens (including phenoxy) is 1. The lowest BCUT2D eigenvalue weighted by Crippen LogP contribution is -2.49. The van der Waals surface area contributed by atoms with Gasteiger partial charge >= 0.3 is 0 Å². The minimum atomic E-state index is -4.15. The molecule has 0 aromatic heterocycles. The van der Waals surface area contributed by atoms with Gasteiger partial charge in [-0.3, -0.25) is 4.79 Å². The highest BCUT2D eigenvalue weighted by Crippen LogP contribution is 2.28. The van der Waals surface area contributed by atoms with Gasteiger partial charge in [0, 0.05) is 43.1 Å². The third-order valence-corrected chi connectivity index (χ3v) is 8.97. The molecule has 1 saturated heterocycles. The summed E-state index contributed by atoms with van der Waals surface area (Å²) in [5.41, 5.74) is 3.92. The number of carbonyl (C=O) groups is 1. The molecule has 0 saturated carbocycles. The van der Waals surface area contributed by atoms with E-state index in [0.29, 0.717) is 30.3 Å². The maximum absolute atomic E-state index is 14.8. The van der Waals surface area contributed by atoms with Gasteiger partial charge in [0.25, 0.3) is 5.91 Å². The van der Waals surface area contributed by atoms with Crippen LogP contribution in [0.25, 0.3) is 0 Å². The Labute approximate surface area is 233 Å². The molecule has 40 heavy (non-hydrogen) atoms. The Morgan fingerprint density at radius 2 is 1.50 bits per heavy atom. The highest BCUT2D eigenvalue weighted by molar-refractivity contribution is 7.89. The number of benzene rings is 4. The highest BCUT2D eigenvalue weighted by Gasteiger charge is 2.32. The van der Waals surface area contributed by atoms with Crippen LogP contribution in [0.15, 0.2) is 95.9 Å². The van der Waals surface area contributed by atoms with Crippen LogP contribution >= 0.6 is 0 Å². The maximum atomic E-state index is 14.8. The number of anilines is 2. The van der Waals surface area contributed by atoms with Crippen molar-refractivity contribution in [3.05, 3.63) is 114 Å². The summed E-state index contributed by atoms with van der Waals surface area (Å²) in [4.78, 5) is 14.6. The number of hydrogen-bond acceptors (Lipinski definition) is 5. The fourth-order valence-corrected chi connectivity index (χ4v) is 6.18. The molecular formula is C31H30FN3O4S. The number of aryl methyl sites for hydroxylation is 1. The van der Waals surface area contributed by atoms with Crippen LogP contribution in [-0.2, 0) is 10.0 Å². The molecule has 0 unspecified atom stereocenters. The molecule has 9 heteroatoms. The first-order chi connectivity index (χ1) is 19.2. The number of carbonyl (C=O) groups excluding carboxylic acids is 1. The Hall–Kier alpha value is -4.21. The van der Waals surface area contributed by atoms with Crippen LogP contribution in [-0.4, -0.2) is 44.8 Å². The lowest BCUT2D eigenvalue weighted by atomic mass is 10.1. The quantitative estimate of drug-likeness (QED) is 0.301. The van der Waals surface area contributed by atoms with Gasteiger partial charge in [0.1, 0.15) is 22.2 Å². The zero-order chi connectivity index (χ0) is 28.3. The van der Waals surface area contributed by atoms with Gasteiger partial charge in [-0.2, -0.15) is 4.31 Å². The topological polar surface area (TPSA) is 79.0 Å². The summed E-state index contributed by atoms with van der Waals surface area (Å²) in [6, 6.07) is 25.5. The smallest absolute Gasteiger partial charge is 0.255 e. The summed E-state index contributed by atoms with van der Waals surface area (Å²) >= 11 is 0. The number of halogens is 1. The average Bonchev–Trinajstić information content (AvgIpc) is 2.96. The lowest BCUT2D eigenvalue weighted by molar-refractivity contribution is 0.102. The molecule has 1 heterocycles. The first-order valence-electron chi connectivity index (χ1n) is 13.0. The van der Waals surface area contributed by atoms with E-state index in [4.69, 9.17) is 4.74 Å². The van der Waals surface area contributed by atoms with Crippen LogP contribution in [0.1, 0.15) is 21.5 Å². The second-order valence-electron chi connectivity index (χ2n) is 9.65. The van der Waals surface area contributed by atoms with Gasteiger partial charge in [0.05, 0.1) is 0 Å². The number of hydrogen-bond donors (Lipinski definition) is 1. The summed E-state index contributed by atoms with van der Waals surface area (Å²) in [7, 11) is -4.15. The molecule has 0 bridgehead atoms. The van der Waals surface area contributed by atoms with Gasteiger partial charge in [-0.25, -0.2) is 12.8 Å². The van der Waals surface area contributed by atoms with Gasteiger partial charge in [-0.15, -0.1) is 0 Å². The lowest BCUT2D eigenvalue weighted by Gasteiger charge is -2.36. The Morgan fingerprint density at radius 1 is 0.825 bits per heavy atom. The summed E-state index contributed by atoms with van der Waals surface area (Å²) in [5.74, 6) is -0.160. The summed E-state index contributed by atoms with van der Waals surface area (Å²) < 4.78 is 48.7. The number of nitrogens with one attached hydrogen (secondary N) is 1. The average molecular weight is 560 g/mol.